The molecule has 3 rings (SSSR count). The summed E-state index contributed by atoms with van der Waals surface area (Å²) in [4.78, 5) is 0. The van der Waals surface area contributed by atoms with Gasteiger partial charge in [0.2, 0.25) is 0 Å². The Bertz CT molecular complexity index is 720. The van der Waals surface area contributed by atoms with Crippen LogP contribution in [0.5, 0.6) is 0 Å². The van der Waals surface area contributed by atoms with E-state index in [2.05, 4.69) is 18.2 Å². The Hall–Kier alpha value is -2.33. The van der Waals surface area contributed by atoms with Crippen LogP contribution in [0.4, 0.5) is 0 Å². The van der Waals surface area contributed by atoms with Crippen molar-refractivity contribution in [2.45, 2.75) is 0 Å². The van der Waals surface area contributed by atoms with E-state index in [9.17, 15) is 0 Å². The van der Waals surface area contributed by atoms with Crippen molar-refractivity contribution in [3.63, 3.8) is 0 Å². The molecule has 16 heavy (non-hydrogen) atoms. The van der Waals surface area contributed by atoms with Crippen molar-refractivity contribution >= 4 is 21.5 Å². The first kappa shape index (κ1) is 8.94. The maximum atomic E-state index is 8.85. The quantitative estimate of drug-likeness (QED) is 0.510. The number of hydrogen-bond acceptors (Lipinski definition) is 1. The third-order valence-electron chi connectivity index (χ3n) is 2.78. The molecule has 0 bridgehead atoms. The molecule has 1 heteroatoms. The summed E-state index contributed by atoms with van der Waals surface area (Å²) in [5.41, 5.74) is 0.691. The summed E-state index contributed by atoms with van der Waals surface area (Å²) >= 11 is 0. The summed E-state index contributed by atoms with van der Waals surface area (Å²) in [6.07, 6.45) is 0. The van der Waals surface area contributed by atoms with Crippen molar-refractivity contribution in [1.82, 2.24) is 0 Å². The number of fused-ring (bicyclic) bond motifs is 3. The van der Waals surface area contributed by atoms with Crippen LogP contribution in [0.25, 0.3) is 21.5 Å². The fourth-order valence-corrected chi connectivity index (χ4v) is 2.00. The van der Waals surface area contributed by atoms with Gasteiger partial charge in [-0.3, -0.25) is 0 Å². The van der Waals surface area contributed by atoms with Crippen LogP contribution >= 0.6 is 0 Å². The van der Waals surface area contributed by atoms with E-state index in [0.29, 0.717) is 5.56 Å². The zero-order valence-electron chi connectivity index (χ0n) is 8.57. The Kier molecular flexibility index (Phi) is 1.88. The maximum Gasteiger partial charge on any atom is 0.0991 e. The van der Waals surface area contributed by atoms with E-state index < -0.39 is 0 Å². The fourth-order valence-electron chi connectivity index (χ4n) is 2.00. The number of nitriles is 1. The van der Waals surface area contributed by atoms with Gasteiger partial charge < -0.3 is 0 Å². The molecule has 1 nitrogen and oxygen atoms in total. The van der Waals surface area contributed by atoms with Gasteiger partial charge in [-0.2, -0.15) is 5.26 Å². The van der Waals surface area contributed by atoms with Gasteiger partial charge >= 0.3 is 0 Å². The van der Waals surface area contributed by atoms with Crippen molar-refractivity contribution in [2.24, 2.45) is 0 Å². The molecule has 1 radical (unpaired) electrons. The van der Waals surface area contributed by atoms with Gasteiger partial charge in [-0.05, 0) is 45.8 Å². The molecule has 0 aliphatic heterocycles. The number of benzene rings is 3. The number of nitrogens with zero attached hydrogens (tertiary/aromatic N) is 1. The molecule has 0 aromatic heterocycles. The lowest BCUT2D eigenvalue weighted by atomic mass is 10.0. The van der Waals surface area contributed by atoms with E-state index in [0.717, 1.165) is 10.8 Å². The van der Waals surface area contributed by atoms with Gasteiger partial charge in [-0.25, -0.2) is 0 Å². The van der Waals surface area contributed by atoms with Crippen molar-refractivity contribution in [3.05, 3.63) is 60.2 Å². The molecular weight excluding hydrogens is 194 g/mol. The number of hydrogen-bond donors (Lipinski definition) is 0. The summed E-state index contributed by atoms with van der Waals surface area (Å²) in [7, 11) is 0. The summed E-state index contributed by atoms with van der Waals surface area (Å²) in [6, 6.07) is 21.3. The first-order valence-corrected chi connectivity index (χ1v) is 5.12. The van der Waals surface area contributed by atoms with Crippen LogP contribution in [0, 0.1) is 17.4 Å². The summed E-state index contributed by atoms with van der Waals surface area (Å²) in [6.45, 7) is 0. The van der Waals surface area contributed by atoms with E-state index in [1.165, 1.54) is 10.8 Å². The third-order valence-corrected chi connectivity index (χ3v) is 2.78. The minimum atomic E-state index is 0.691. The highest BCUT2D eigenvalue weighted by Crippen LogP contribution is 2.25. The van der Waals surface area contributed by atoms with Crippen LogP contribution in [0.3, 0.4) is 0 Å². The molecule has 0 fully saturated rings. The zero-order valence-corrected chi connectivity index (χ0v) is 8.57. The Labute approximate surface area is 93.6 Å². The second-order valence-corrected chi connectivity index (χ2v) is 3.75. The van der Waals surface area contributed by atoms with Crippen LogP contribution in [-0.2, 0) is 0 Å². The summed E-state index contributed by atoms with van der Waals surface area (Å²) in [5, 5.41) is 13.4. The van der Waals surface area contributed by atoms with Gasteiger partial charge in [0.1, 0.15) is 0 Å². The van der Waals surface area contributed by atoms with E-state index in [-0.39, 0.29) is 0 Å². The molecule has 0 unspecified atom stereocenters. The standard InChI is InChI=1S/C15H8N/c16-10-11-5-8-15-13(9-11)7-6-12-3-1-2-4-14(12)15/h1-5,7-9H. The maximum absolute atomic E-state index is 8.85. The number of rotatable bonds is 0. The third kappa shape index (κ3) is 1.24. The van der Waals surface area contributed by atoms with Crippen LogP contribution in [0.1, 0.15) is 5.56 Å². The minimum Gasteiger partial charge on any atom is -0.192 e. The second kappa shape index (κ2) is 3.36. The highest BCUT2D eigenvalue weighted by Gasteiger charge is 2.00. The zero-order chi connectivity index (χ0) is 11.0. The van der Waals surface area contributed by atoms with Crippen LogP contribution in [0.2, 0.25) is 0 Å². The average Bonchev–Trinajstić information content (AvgIpc) is 2.38. The van der Waals surface area contributed by atoms with Crippen molar-refractivity contribution in [2.75, 3.05) is 0 Å². The van der Waals surface area contributed by atoms with E-state index in [4.69, 9.17) is 5.26 Å². The van der Waals surface area contributed by atoms with Gasteiger partial charge in [-0.1, -0.05) is 30.3 Å². The molecule has 0 atom stereocenters. The smallest absolute Gasteiger partial charge is 0.0991 e. The van der Waals surface area contributed by atoms with Crippen LogP contribution in [0.15, 0.2) is 48.5 Å². The van der Waals surface area contributed by atoms with E-state index in [1.54, 1.807) is 0 Å². The molecule has 0 amide bonds. The normalized spacial score (nSPS) is 10.4. The molecule has 0 spiro atoms. The van der Waals surface area contributed by atoms with Crippen LogP contribution < -0.4 is 0 Å². The lowest BCUT2D eigenvalue weighted by Gasteiger charge is -2.03. The largest absolute Gasteiger partial charge is 0.192 e. The lowest BCUT2D eigenvalue weighted by Crippen LogP contribution is -1.79. The van der Waals surface area contributed by atoms with Gasteiger partial charge in [0, 0.05) is 0 Å². The average molecular weight is 202 g/mol. The minimum absolute atomic E-state index is 0.691. The highest BCUT2D eigenvalue weighted by molar-refractivity contribution is 6.07. The molecule has 0 aliphatic rings. The van der Waals surface area contributed by atoms with Gasteiger partial charge in [0.25, 0.3) is 0 Å². The molecular formula is C15H8N. The van der Waals surface area contributed by atoms with Crippen LogP contribution in [-0.4, -0.2) is 0 Å². The van der Waals surface area contributed by atoms with E-state index in [1.807, 2.05) is 42.5 Å². The molecule has 73 valence electrons. The van der Waals surface area contributed by atoms with Crippen molar-refractivity contribution < 1.29 is 0 Å². The van der Waals surface area contributed by atoms with Gasteiger partial charge in [0.05, 0.1) is 11.6 Å². The Morgan fingerprint density at radius 3 is 2.75 bits per heavy atom. The summed E-state index contributed by atoms with van der Waals surface area (Å²) < 4.78 is 0. The summed E-state index contributed by atoms with van der Waals surface area (Å²) in [5.74, 6) is 0. The second-order valence-electron chi connectivity index (χ2n) is 3.75. The molecule has 0 saturated heterocycles. The van der Waals surface area contributed by atoms with E-state index >= 15 is 0 Å². The predicted octanol–water partition coefficient (Wildman–Crippen LogP) is 3.66. The first-order chi connectivity index (χ1) is 7.88. The van der Waals surface area contributed by atoms with Gasteiger partial charge in [-0.15, -0.1) is 0 Å². The lowest BCUT2D eigenvalue weighted by molar-refractivity contribution is 1.50. The molecule has 3 aromatic rings. The van der Waals surface area contributed by atoms with Crippen molar-refractivity contribution in [3.8, 4) is 6.07 Å². The molecule has 0 aliphatic carbocycles. The first-order valence-electron chi connectivity index (χ1n) is 5.12. The highest BCUT2D eigenvalue weighted by atomic mass is 14.2. The SMILES string of the molecule is N#Cc1ccc2c(c[c]c3ccccc32)c1. The topological polar surface area (TPSA) is 23.8 Å². The van der Waals surface area contributed by atoms with Gasteiger partial charge in [0.15, 0.2) is 0 Å². The molecule has 0 saturated carbocycles. The van der Waals surface area contributed by atoms with Crippen molar-refractivity contribution in [1.29, 1.82) is 5.26 Å². The monoisotopic (exact) mass is 202 g/mol. The molecule has 0 N–H and O–H groups in total. The Morgan fingerprint density at radius 1 is 1.00 bits per heavy atom. The Balaban J connectivity index is 2.49. The molecule has 3 aromatic carbocycles. The molecule has 0 heterocycles. The fraction of sp³-hybridized carbons (Fsp3) is 0. The predicted molar refractivity (Wildman–Crippen MR) is 65.0 cm³/mol. The Morgan fingerprint density at radius 2 is 1.88 bits per heavy atom.